The predicted octanol–water partition coefficient (Wildman–Crippen LogP) is 1.16. The Morgan fingerprint density at radius 3 is 2.94 bits per heavy atom. The highest BCUT2D eigenvalue weighted by Crippen LogP contribution is 2.09. The quantitative estimate of drug-likeness (QED) is 0.877. The Bertz CT molecular complexity index is 503. The summed E-state index contributed by atoms with van der Waals surface area (Å²) >= 11 is 5.85. The van der Waals surface area contributed by atoms with Crippen LogP contribution in [0.3, 0.4) is 0 Å². The molecule has 2 aromatic heterocycles. The standard InChI is InChI=1S/C10H13ClN6O/c1-7(6-18-2)13-9-14-8(11)15-10(16-9)17-5-3-4-12-17/h3-5,7H,6H2,1-2H3,(H,13,14,15,16). The van der Waals surface area contributed by atoms with Crippen LogP contribution in [0.4, 0.5) is 5.95 Å². The average Bonchev–Trinajstić information content (AvgIpc) is 2.81. The van der Waals surface area contributed by atoms with Crippen LogP contribution in [0.5, 0.6) is 0 Å². The van der Waals surface area contributed by atoms with E-state index in [1.54, 1.807) is 25.6 Å². The maximum Gasteiger partial charge on any atom is 0.256 e. The maximum atomic E-state index is 5.85. The minimum absolute atomic E-state index is 0.0685. The lowest BCUT2D eigenvalue weighted by molar-refractivity contribution is 0.190. The Kier molecular flexibility index (Phi) is 4.06. The van der Waals surface area contributed by atoms with Crippen molar-refractivity contribution in [2.45, 2.75) is 13.0 Å². The molecule has 96 valence electrons. The SMILES string of the molecule is COCC(C)Nc1nc(Cl)nc(-n2cccn2)n1. The predicted molar refractivity (Wildman–Crippen MR) is 66.9 cm³/mol. The topological polar surface area (TPSA) is 77.8 Å². The van der Waals surface area contributed by atoms with Gasteiger partial charge in [0.1, 0.15) is 0 Å². The highest BCUT2D eigenvalue weighted by atomic mass is 35.5. The molecule has 0 saturated carbocycles. The van der Waals surface area contributed by atoms with Gasteiger partial charge in [-0.15, -0.1) is 0 Å². The van der Waals surface area contributed by atoms with E-state index >= 15 is 0 Å². The Labute approximate surface area is 109 Å². The molecule has 7 nitrogen and oxygen atoms in total. The Morgan fingerprint density at radius 2 is 2.28 bits per heavy atom. The molecule has 0 aliphatic rings. The second kappa shape index (κ2) is 5.74. The molecule has 0 bridgehead atoms. The zero-order chi connectivity index (χ0) is 13.0. The maximum absolute atomic E-state index is 5.85. The number of hydrogen-bond donors (Lipinski definition) is 1. The van der Waals surface area contributed by atoms with Gasteiger partial charge in [0.05, 0.1) is 6.61 Å². The van der Waals surface area contributed by atoms with Gasteiger partial charge in [-0.05, 0) is 24.6 Å². The summed E-state index contributed by atoms with van der Waals surface area (Å²) in [6, 6.07) is 1.84. The molecule has 0 radical (unpaired) electrons. The lowest BCUT2D eigenvalue weighted by Gasteiger charge is -2.12. The van der Waals surface area contributed by atoms with E-state index in [1.165, 1.54) is 4.68 Å². The van der Waals surface area contributed by atoms with Crippen LogP contribution in [0.1, 0.15) is 6.92 Å². The van der Waals surface area contributed by atoms with E-state index in [9.17, 15) is 0 Å². The summed E-state index contributed by atoms with van der Waals surface area (Å²) in [4.78, 5) is 12.2. The number of methoxy groups -OCH3 is 1. The molecule has 0 amide bonds. The average molecular weight is 269 g/mol. The molecule has 1 unspecified atom stereocenters. The van der Waals surface area contributed by atoms with Crippen LogP contribution in [0.25, 0.3) is 5.95 Å². The van der Waals surface area contributed by atoms with Crippen molar-refractivity contribution < 1.29 is 4.74 Å². The third-order valence-corrected chi connectivity index (χ3v) is 2.27. The van der Waals surface area contributed by atoms with Gasteiger partial charge < -0.3 is 10.1 Å². The van der Waals surface area contributed by atoms with Gasteiger partial charge >= 0.3 is 0 Å². The molecule has 0 aromatic carbocycles. The normalized spacial score (nSPS) is 12.4. The fourth-order valence-corrected chi connectivity index (χ4v) is 1.56. The molecule has 0 spiro atoms. The van der Waals surface area contributed by atoms with Crippen molar-refractivity contribution in [3.05, 3.63) is 23.7 Å². The Balaban J connectivity index is 2.22. The lowest BCUT2D eigenvalue weighted by atomic mass is 10.4. The van der Waals surface area contributed by atoms with Crippen molar-refractivity contribution in [2.24, 2.45) is 0 Å². The second-order valence-corrected chi connectivity index (χ2v) is 4.02. The summed E-state index contributed by atoms with van der Waals surface area (Å²) < 4.78 is 6.54. The van der Waals surface area contributed by atoms with Crippen LogP contribution in [0.15, 0.2) is 18.5 Å². The third-order valence-electron chi connectivity index (χ3n) is 2.10. The van der Waals surface area contributed by atoms with Crippen LogP contribution < -0.4 is 5.32 Å². The van der Waals surface area contributed by atoms with E-state index in [0.29, 0.717) is 18.5 Å². The van der Waals surface area contributed by atoms with Gasteiger partial charge in [-0.25, -0.2) is 4.68 Å². The lowest BCUT2D eigenvalue weighted by Crippen LogP contribution is -2.23. The van der Waals surface area contributed by atoms with Gasteiger partial charge in [-0.3, -0.25) is 0 Å². The first-order valence-electron chi connectivity index (χ1n) is 5.36. The minimum Gasteiger partial charge on any atom is -0.383 e. The molecular formula is C10H13ClN6O. The largest absolute Gasteiger partial charge is 0.383 e. The number of aromatic nitrogens is 5. The van der Waals surface area contributed by atoms with Gasteiger partial charge in [0, 0.05) is 25.5 Å². The fourth-order valence-electron chi connectivity index (χ4n) is 1.41. The molecule has 0 saturated heterocycles. The number of nitrogens with one attached hydrogen (secondary N) is 1. The number of hydrogen-bond acceptors (Lipinski definition) is 6. The van der Waals surface area contributed by atoms with Crippen molar-refractivity contribution in [3.63, 3.8) is 0 Å². The molecular weight excluding hydrogens is 256 g/mol. The summed E-state index contributed by atoms with van der Waals surface area (Å²) in [6.45, 7) is 2.50. The second-order valence-electron chi connectivity index (χ2n) is 3.68. The Morgan fingerprint density at radius 1 is 1.44 bits per heavy atom. The molecule has 1 atom stereocenters. The summed E-state index contributed by atoms with van der Waals surface area (Å²) in [5, 5.41) is 7.22. The van der Waals surface area contributed by atoms with E-state index in [0.717, 1.165) is 0 Å². The van der Waals surface area contributed by atoms with E-state index in [1.807, 2.05) is 6.92 Å². The zero-order valence-electron chi connectivity index (χ0n) is 10.0. The Hall–Kier alpha value is -1.73. The first-order valence-corrected chi connectivity index (χ1v) is 5.74. The number of rotatable bonds is 5. The van der Waals surface area contributed by atoms with Crippen LogP contribution in [-0.2, 0) is 4.74 Å². The smallest absolute Gasteiger partial charge is 0.256 e. The van der Waals surface area contributed by atoms with Crippen molar-refractivity contribution in [2.75, 3.05) is 19.0 Å². The summed E-state index contributed by atoms with van der Waals surface area (Å²) in [5.74, 6) is 0.761. The molecule has 0 aliphatic heterocycles. The van der Waals surface area contributed by atoms with Crippen molar-refractivity contribution in [1.29, 1.82) is 0 Å². The van der Waals surface area contributed by atoms with E-state index in [-0.39, 0.29) is 11.3 Å². The van der Waals surface area contributed by atoms with E-state index in [4.69, 9.17) is 16.3 Å². The highest BCUT2D eigenvalue weighted by molar-refractivity contribution is 6.28. The first-order chi connectivity index (χ1) is 8.69. The zero-order valence-corrected chi connectivity index (χ0v) is 10.8. The van der Waals surface area contributed by atoms with Gasteiger partial charge in [0.15, 0.2) is 0 Å². The number of anilines is 1. The van der Waals surface area contributed by atoms with Gasteiger partial charge in [-0.1, -0.05) is 0 Å². The molecule has 0 aliphatic carbocycles. The molecule has 2 rings (SSSR count). The monoisotopic (exact) mass is 268 g/mol. The summed E-state index contributed by atoms with van der Waals surface area (Å²) in [7, 11) is 1.63. The molecule has 2 aromatic rings. The van der Waals surface area contributed by atoms with Crippen molar-refractivity contribution in [1.82, 2.24) is 24.7 Å². The summed E-state index contributed by atoms with van der Waals surface area (Å²) in [6.07, 6.45) is 3.37. The van der Waals surface area contributed by atoms with Gasteiger partial charge in [-0.2, -0.15) is 20.1 Å². The molecule has 8 heteroatoms. The molecule has 18 heavy (non-hydrogen) atoms. The van der Waals surface area contributed by atoms with Crippen LogP contribution in [0, 0.1) is 0 Å². The summed E-state index contributed by atoms with van der Waals surface area (Å²) in [5.41, 5.74) is 0. The van der Waals surface area contributed by atoms with Crippen molar-refractivity contribution in [3.8, 4) is 5.95 Å². The van der Waals surface area contributed by atoms with Crippen LogP contribution in [0.2, 0.25) is 5.28 Å². The third kappa shape index (κ3) is 3.14. The van der Waals surface area contributed by atoms with E-state index < -0.39 is 0 Å². The minimum atomic E-state index is 0.0685. The van der Waals surface area contributed by atoms with Crippen molar-refractivity contribution >= 4 is 17.5 Å². The highest BCUT2D eigenvalue weighted by Gasteiger charge is 2.09. The van der Waals surface area contributed by atoms with Crippen LogP contribution >= 0.6 is 11.6 Å². The number of halogens is 1. The van der Waals surface area contributed by atoms with Crippen LogP contribution in [-0.4, -0.2) is 44.5 Å². The molecule has 0 fully saturated rings. The molecule has 2 heterocycles. The number of ether oxygens (including phenoxy) is 1. The van der Waals surface area contributed by atoms with Gasteiger partial charge in [0.25, 0.3) is 5.95 Å². The fraction of sp³-hybridized carbons (Fsp3) is 0.400. The van der Waals surface area contributed by atoms with Gasteiger partial charge in [0.2, 0.25) is 11.2 Å². The number of nitrogens with zero attached hydrogens (tertiary/aromatic N) is 5. The molecule has 1 N–H and O–H groups in total. The van der Waals surface area contributed by atoms with E-state index in [2.05, 4.69) is 25.4 Å². The first kappa shape index (κ1) is 12.7.